The molecule has 0 radical (unpaired) electrons. The smallest absolute Gasteiger partial charge is 0.227 e. The lowest BCUT2D eigenvalue weighted by Gasteiger charge is -2.11. The van der Waals surface area contributed by atoms with Gasteiger partial charge in [-0.3, -0.25) is 0 Å². The van der Waals surface area contributed by atoms with Crippen LogP contribution < -0.4 is 0 Å². The van der Waals surface area contributed by atoms with E-state index in [1.54, 1.807) is 11.3 Å². The number of benzene rings is 9. The minimum Gasteiger partial charge on any atom is -0.435 e. The molecule has 3 heterocycles. The van der Waals surface area contributed by atoms with Crippen LogP contribution in [0.4, 0.5) is 0 Å². The highest BCUT2D eigenvalue weighted by atomic mass is 32.1. The quantitative estimate of drug-likeness (QED) is 0.168. The summed E-state index contributed by atoms with van der Waals surface area (Å²) in [5.41, 5.74) is 9.82. The maximum Gasteiger partial charge on any atom is 0.227 e. The van der Waals surface area contributed by atoms with Crippen LogP contribution in [0.5, 0.6) is 0 Å². The summed E-state index contributed by atoms with van der Waals surface area (Å²) < 4.78 is 9.21. The summed E-state index contributed by atoms with van der Waals surface area (Å²) in [6.45, 7) is 0. The Labute approximate surface area is 348 Å². The minimum atomic E-state index is 0.605. The van der Waals surface area contributed by atoms with E-state index >= 15 is 0 Å². The second-order valence-corrected chi connectivity index (χ2v) is 16.1. The Morgan fingerprint density at radius 3 is 1.57 bits per heavy atom. The van der Waals surface area contributed by atoms with Crippen molar-refractivity contribution in [2.24, 2.45) is 0 Å². The molecule has 0 saturated heterocycles. The molecule has 0 N–H and O–H groups in total. The lowest BCUT2D eigenvalue weighted by atomic mass is 9.95. The molecule has 0 unspecified atom stereocenters. The second-order valence-electron chi connectivity index (χ2n) is 15.0. The summed E-state index contributed by atoms with van der Waals surface area (Å²) in [4.78, 5) is 20.2. The third kappa shape index (κ3) is 5.93. The zero-order chi connectivity index (χ0) is 39.6. The van der Waals surface area contributed by atoms with Gasteiger partial charge in [0.1, 0.15) is 5.52 Å². The molecule has 9 aromatic carbocycles. The van der Waals surface area contributed by atoms with Crippen LogP contribution in [0.25, 0.3) is 121 Å². The lowest BCUT2D eigenvalue weighted by molar-refractivity contribution is 0.621. The van der Waals surface area contributed by atoms with Gasteiger partial charge in [-0.2, -0.15) is 0 Å². The summed E-state index contributed by atoms with van der Waals surface area (Å²) in [7, 11) is 0. The second kappa shape index (κ2) is 13.9. The summed E-state index contributed by atoms with van der Waals surface area (Å²) in [6.07, 6.45) is 0. The van der Waals surface area contributed by atoms with Crippen molar-refractivity contribution in [1.82, 2.24) is 19.9 Å². The number of hydrogen-bond donors (Lipinski definition) is 0. The van der Waals surface area contributed by atoms with Crippen LogP contribution in [0.2, 0.25) is 0 Å². The number of thiophene rings is 1. The fourth-order valence-corrected chi connectivity index (χ4v) is 9.47. The molecular weight excluding hydrogens is 753 g/mol. The van der Waals surface area contributed by atoms with Crippen molar-refractivity contribution in [2.75, 3.05) is 0 Å². The first-order valence-electron chi connectivity index (χ1n) is 19.9. The molecule has 12 aromatic rings. The third-order valence-corrected chi connectivity index (χ3v) is 12.4. The minimum absolute atomic E-state index is 0.605. The summed E-state index contributed by atoms with van der Waals surface area (Å²) in [5.74, 6) is 2.50. The Bertz CT molecular complexity index is 3600. The van der Waals surface area contributed by atoms with Gasteiger partial charge >= 0.3 is 0 Å². The number of rotatable bonds is 6. The average molecular weight is 785 g/mol. The number of fused-ring (bicyclic) bond motifs is 6. The number of aromatic nitrogens is 4. The van der Waals surface area contributed by atoms with Crippen molar-refractivity contribution in [3.8, 4) is 67.9 Å². The molecule has 5 nitrogen and oxygen atoms in total. The fourth-order valence-electron chi connectivity index (χ4n) is 8.32. The molecule has 0 aliphatic rings. The van der Waals surface area contributed by atoms with Gasteiger partial charge in [0.25, 0.3) is 0 Å². The molecule has 0 atom stereocenters. The lowest BCUT2D eigenvalue weighted by Crippen LogP contribution is -2.00. The van der Waals surface area contributed by atoms with Gasteiger partial charge in [0.05, 0.1) is 0 Å². The van der Waals surface area contributed by atoms with Crippen LogP contribution in [0.15, 0.2) is 199 Å². The van der Waals surface area contributed by atoms with Crippen molar-refractivity contribution in [1.29, 1.82) is 0 Å². The molecule has 0 fully saturated rings. The van der Waals surface area contributed by atoms with Gasteiger partial charge in [-0.05, 0) is 80.7 Å². The maximum atomic E-state index is 6.79. The molecule has 0 saturated carbocycles. The molecule has 3 aromatic heterocycles. The Hall–Kier alpha value is -7.80. The van der Waals surface area contributed by atoms with Crippen LogP contribution in [0.3, 0.4) is 0 Å². The van der Waals surface area contributed by atoms with E-state index in [0.29, 0.717) is 23.4 Å². The number of nitrogens with zero attached hydrogens (tertiary/aromatic N) is 4. The van der Waals surface area contributed by atoms with Crippen LogP contribution >= 0.6 is 11.3 Å². The van der Waals surface area contributed by atoms with Gasteiger partial charge in [-0.15, -0.1) is 11.3 Å². The van der Waals surface area contributed by atoms with Crippen LogP contribution in [0.1, 0.15) is 0 Å². The van der Waals surface area contributed by atoms with Crippen molar-refractivity contribution in [3.63, 3.8) is 0 Å². The first kappa shape index (κ1) is 34.3. The first-order chi connectivity index (χ1) is 29.7. The van der Waals surface area contributed by atoms with Gasteiger partial charge in [0.2, 0.25) is 5.89 Å². The number of hydrogen-bond acceptors (Lipinski definition) is 6. The van der Waals surface area contributed by atoms with E-state index in [2.05, 4.69) is 158 Å². The molecule has 12 rings (SSSR count). The Morgan fingerprint density at radius 2 is 0.850 bits per heavy atom. The summed E-state index contributed by atoms with van der Waals surface area (Å²) >= 11 is 1.79. The fraction of sp³-hybridized carbons (Fsp3) is 0. The predicted molar refractivity (Wildman–Crippen MR) is 248 cm³/mol. The van der Waals surface area contributed by atoms with Gasteiger partial charge in [0, 0.05) is 48.0 Å². The van der Waals surface area contributed by atoms with Crippen LogP contribution in [0, 0.1) is 0 Å². The van der Waals surface area contributed by atoms with E-state index in [0.717, 1.165) is 66.2 Å². The zero-order valence-electron chi connectivity index (χ0n) is 32.1. The Morgan fingerprint density at radius 1 is 0.350 bits per heavy atom. The van der Waals surface area contributed by atoms with Gasteiger partial charge in [-0.1, -0.05) is 152 Å². The average Bonchev–Trinajstić information content (AvgIpc) is 3.92. The Kier molecular flexibility index (Phi) is 7.96. The molecule has 60 heavy (non-hydrogen) atoms. The monoisotopic (exact) mass is 784 g/mol. The van der Waals surface area contributed by atoms with Crippen molar-refractivity contribution < 1.29 is 4.42 Å². The standard InChI is InChI=1S/C54H32N4OS/c1-3-11-33(12-4-1)35-19-22-37(23-20-35)54-55-45-32-47-49(44-17-9-10-18-46(44)60-47)48(50(45)59-54)41-26-24-40-31-43(28-25-39(40)29-41)53-57-51(36-14-5-2-6-15-36)56-52(58-53)42-27-21-34-13-7-8-16-38(34)30-42/h1-32H. The third-order valence-electron chi connectivity index (χ3n) is 11.3. The van der Waals surface area contributed by atoms with E-state index in [9.17, 15) is 0 Å². The normalized spacial score (nSPS) is 11.7. The van der Waals surface area contributed by atoms with Gasteiger partial charge in [0.15, 0.2) is 23.1 Å². The molecule has 0 bridgehead atoms. The van der Waals surface area contributed by atoms with E-state index in [4.69, 9.17) is 24.4 Å². The van der Waals surface area contributed by atoms with Gasteiger partial charge in [-0.25, -0.2) is 19.9 Å². The zero-order valence-corrected chi connectivity index (χ0v) is 32.9. The summed E-state index contributed by atoms with van der Waals surface area (Å²) in [6, 6.07) is 67.6. The highest BCUT2D eigenvalue weighted by molar-refractivity contribution is 7.26. The van der Waals surface area contributed by atoms with E-state index < -0.39 is 0 Å². The molecular formula is C54H32N4OS. The molecule has 0 aliphatic heterocycles. The Balaban J connectivity index is 0.981. The van der Waals surface area contributed by atoms with Crippen LogP contribution in [-0.4, -0.2) is 19.9 Å². The van der Waals surface area contributed by atoms with Gasteiger partial charge < -0.3 is 4.42 Å². The SMILES string of the molecule is c1ccc(-c2ccc(-c3nc4cc5sc6ccccc6c5c(-c5ccc6cc(-c7nc(-c8ccccc8)nc(-c8ccc9ccccc9c8)n7)ccc6c5)c4o3)cc2)cc1. The highest BCUT2D eigenvalue weighted by Crippen LogP contribution is 2.46. The van der Waals surface area contributed by atoms with E-state index in [1.807, 2.05) is 36.4 Å². The first-order valence-corrected chi connectivity index (χ1v) is 20.8. The van der Waals surface area contributed by atoms with E-state index in [1.165, 1.54) is 31.1 Å². The topological polar surface area (TPSA) is 64.7 Å². The van der Waals surface area contributed by atoms with Crippen molar-refractivity contribution in [3.05, 3.63) is 194 Å². The predicted octanol–water partition coefficient (Wildman–Crippen LogP) is 14.7. The number of oxazole rings is 1. The van der Waals surface area contributed by atoms with Crippen molar-refractivity contribution in [2.45, 2.75) is 0 Å². The highest BCUT2D eigenvalue weighted by Gasteiger charge is 2.21. The van der Waals surface area contributed by atoms with E-state index in [-0.39, 0.29) is 0 Å². The molecule has 0 spiro atoms. The largest absolute Gasteiger partial charge is 0.435 e. The molecule has 280 valence electrons. The molecule has 0 aliphatic carbocycles. The van der Waals surface area contributed by atoms with Crippen LogP contribution in [-0.2, 0) is 0 Å². The van der Waals surface area contributed by atoms with Crippen molar-refractivity contribution >= 4 is 64.2 Å². The maximum absolute atomic E-state index is 6.79. The molecule has 0 amide bonds. The molecule has 6 heteroatoms. The summed E-state index contributed by atoms with van der Waals surface area (Å²) in [5, 5.41) is 6.89.